The SMILES string of the molecule is CCCNC(=O)[C@H](C)N(Cc1ccccc1F)C(=O)CCCOc1ccc(C)cc1. The molecule has 5 nitrogen and oxygen atoms in total. The van der Waals surface area contributed by atoms with Gasteiger partial charge in [-0.15, -0.1) is 0 Å². The number of rotatable bonds is 11. The van der Waals surface area contributed by atoms with Gasteiger partial charge in [-0.2, -0.15) is 0 Å². The number of amides is 2. The summed E-state index contributed by atoms with van der Waals surface area (Å²) in [6.45, 7) is 6.61. The third-order valence-electron chi connectivity index (χ3n) is 4.84. The second-order valence-electron chi connectivity index (χ2n) is 7.35. The molecule has 0 unspecified atom stereocenters. The van der Waals surface area contributed by atoms with Gasteiger partial charge in [0.05, 0.1) is 6.61 Å². The summed E-state index contributed by atoms with van der Waals surface area (Å²) >= 11 is 0. The van der Waals surface area contributed by atoms with E-state index in [1.54, 1.807) is 25.1 Å². The number of carbonyl (C=O) groups excluding carboxylic acids is 2. The Morgan fingerprint density at radius 2 is 1.83 bits per heavy atom. The van der Waals surface area contributed by atoms with Crippen LogP contribution in [0.3, 0.4) is 0 Å². The number of halogens is 1. The summed E-state index contributed by atoms with van der Waals surface area (Å²) in [5.41, 5.74) is 1.54. The van der Waals surface area contributed by atoms with Crippen molar-refractivity contribution >= 4 is 11.8 Å². The number of carbonyl (C=O) groups is 2. The van der Waals surface area contributed by atoms with Gasteiger partial charge in [0, 0.05) is 25.1 Å². The van der Waals surface area contributed by atoms with Crippen molar-refractivity contribution in [2.24, 2.45) is 0 Å². The predicted octanol–water partition coefficient (Wildman–Crippen LogP) is 4.24. The Bertz CT molecular complexity index is 823. The fraction of sp³-hybridized carbons (Fsp3) is 0.417. The minimum Gasteiger partial charge on any atom is -0.494 e. The van der Waals surface area contributed by atoms with Gasteiger partial charge in [-0.1, -0.05) is 42.8 Å². The minimum atomic E-state index is -0.693. The molecule has 0 radical (unpaired) electrons. The zero-order valence-corrected chi connectivity index (χ0v) is 18.0. The van der Waals surface area contributed by atoms with Crippen LogP contribution in [0.15, 0.2) is 48.5 Å². The van der Waals surface area contributed by atoms with E-state index in [2.05, 4.69) is 5.32 Å². The molecule has 0 aliphatic carbocycles. The molecule has 0 spiro atoms. The van der Waals surface area contributed by atoms with Crippen molar-refractivity contribution in [1.29, 1.82) is 0 Å². The Morgan fingerprint density at radius 3 is 2.50 bits per heavy atom. The number of aryl methyl sites for hydroxylation is 1. The number of hydrogen-bond donors (Lipinski definition) is 1. The van der Waals surface area contributed by atoms with Gasteiger partial charge in [0.2, 0.25) is 11.8 Å². The van der Waals surface area contributed by atoms with E-state index < -0.39 is 6.04 Å². The van der Waals surface area contributed by atoms with E-state index in [-0.39, 0.29) is 30.6 Å². The molecular formula is C24H31FN2O3. The normalized spacial score (nSPS) is 11.6. The molecule has 0 aromatic heterocycles. The van der Waals surface area contributed by atoms with Gasteiger partial charge in [-0.25, -0.2) is 4.39 Å². The van der Waals surface area contributed by atoms with Crippen LogP contribution < -0.4 is 10.1 Å². The van der Waals surface area contributed by atoms with Crippen LogP contribution >= 0.6 is 0 Å². The van der Waals surface area contributed by atoms with Crippen molar-refractivity contribution < 1.29 is 18.7 Å². The Morgan fingerprint density at radius 1 is 1.13 bits per heavy atom. The lowest BCUT2D eigenvalue weighted by Crippen LogP contribution is -2.47. The van der Waals surface area contributed by atoms with Gasteiger partial charge < -0.3 is 15.0 Å². The van der Waals surface area contributed by atoms with Crippen molar-refractivity contribution in [1.82, 2.24) is 10.2 Å². The molecule has 0 aliphatic rings. The molecule has 6 heteroatoms. The van der Waals surface area contributed by atoms with Crippen molar-refractivity contribution in [3.8, 4) is 5.75 Å². The predicted molar refractivity (Wildman–Crippen MR) is 116 cm³/mol. The maximum absolute atomic E-state index is 14.1. The van der Waals surface area contributed by atoms with Crippen LogP contribution in [0.2, 0.25) is 0 Å². The average Bonchev–Trinajstić information content (AvgIpc) is 2.75. The molecule has 0 bridgehead atoms. The topological polar surface area (TPSA) is 58.6 Å². The molecule has 0 saturated carbocycles. The maximum Gasteiger partial charge on any atom is 0.242 e. The lowest BCUT2D eigenvalue weighted by molar-refractivity contribution is -0.140. The first kappa shape index (κ1) is 23.4. The van der Waals surface area contributed by atoms with Gasteiger partial charge >= 0.3 is 0 Å². The maximum atomic E-state index is 14.1. The number of benzene rings is 2. The summed E-state index contributed by atoms with van der Waals surface area (Å²) in [5, 5.41) is 2.81. The molecule has 30 heavy (non-hydrogen) atoms. The number of ether oxygens (including phenoxy) is 1. The summed E-state index contributed by atoms with van der Waals surface area (Å²) < 4.78 is 19.8. The number of hydrogen-bond acceptors (Lipinski definition) is 3. The van der Waals surface area contributed by atoms with Crippen LogP contribution in [0, 0.1) is 12.7 Å². The first-order valence-electron chi connectivity index (χ1n) is 10.4. The van der Waals surface area contributed by atoms with E-state index >= 15 is 0 Å². The second kappa shape index (κ2) is 12.0. The molecule has 162 valence electrons. The lowest BCUT2D eigenvalue weighted by Gasteiger charge is -2.29. The molecule has 0 fully saturated rings. The summed E-state index contributed by atoms with van der Waals surface area (Å²) in [6, 6.07) is 13.3. The van der Waals surface area contributed by atoms with Crippen LogP contribution in [-0.2, 0) is 16.1 Å². The van der Waals surface area contributed by atoms with Gasteiger partial charge in [-0.05, 0) is 44.9 Å². The fourth-order valence-corrected chi connectivity index (χ4v) is 2.98. The molecular weight excluding hydrogens is 383 g/mol. The summed E-state index contributed by atoms with van der Waals surface area (Å²) in [6.07, 6.45) is 1.52. The first-order valence-corrected chi connectivity index (χ1v) is 10.4. The van der Waals surface area contributed by atoms with Crippen LogP contribution in [0.4, 0.5) is 4.39 Å². The Balaban J connectivity index is 1.98. The summed E-state index contributed by atoms with van der Waals surface area (Å²) in [4.78, 5) is 26.8. The molecule has 0 heterocycles. The van der Waals surface area contributed by atoms with Crippen molar-refractivity contribution in [2.75, 3.05) is 13.2 Å². The van der Waals surface area contributed by atoms with Crippen LogP contribution in [-0.4, -0.2) is 35.9 Å². The van der Waals surface area contributed by atoms with Crippen LogP contribution in [0.25, 0.3) is 0 Å². The molecule has 2 aromatic carbocycles. The largest absolute Gasteiger partial charge is 0.494 e. The zero-order valence-electron chi connectivity index (χ0n) is 18.0. The monoisotopic (exact) mass is 414 g/mol. The van der Waals surface area contributed by atoms with E-state index in [4.69, 9.17) is 4.74 Å². The van der Waals surface area contributed by atoms with E-state index in [0.29, 0.717) is 25.1 Å². The summed E-state index contributed by atoms with van der Waals surface area (Å²) in [5.74, 6) is -0.0786. The Labute approximate surface area is 178 Å². The number of nitrogens with one attached hydrogen (secondary N) is 1. The van der Waals surface area contributed by atoms with Crippen molar-refractivity contribution in [2.45, 2.75) is 52.6 Å². The Kier molecular flexibility index (Phi) is 9.32. The highest BCUT2D eigenvalue weighted by Gasteiger charge is 2.26. The molecule has 2 rings (SSSR count). The highest BCUT2D eigenvalue weighted by atomic mass is 19.1. The molecule has 2 aromatic rings. The standard InChI is InChI=1S/C24H31FN2O3/c1-4-15-26-24(29)19(3)27(17-20-8-5-6-9-22(20)25)23(28)10-7-16-30-21-13-11-18(2)12-14-21/h5-6,8-9,11-14,19H,4,7,10,15-17H2,1-3H3,(H,26,29)/t19-/m0/s1. The minimum absolute atomic E-state index is 0.0467. The van der Waals surface area contributed by atoms with E-state index in [9.17, 15) is 14.0 Å². The van der Waals surface area contributed by atoms with Crippen LogP contribution in [0.5, 0.6) is 5.75 Å². The van der Waals surface area contributed by atoms with Gasteiger partial charge in [0.1, 0.15) is 17.6 Å². The fourth-order valence-electron chi connectivity index (χ4n) is 2.98. The molecule has 0 saturated heterocycles. The van der Waals surface area contributed by atoms with Crippen molar-refractivity contribution in [3.05, 3.63) is 65.5 Å². The third-order valence-corrected chi connectivity index (χ3v) is 4.84. The van der Waals surface area contributed by atoms with Crippen molar-refractivity contribution in [3.63, 3.8) is 0 Å². The molecule has 2 amide bonds. The van der Waals surface area contributed by atoms with Gasteiger partial charge in [0.25, 0.3) is 0 Å². The van der Waals surface area contributed by atoms with E-state index in [0.717, 1.165) is 17.7 Å². The smallest absolute Gasteiger partial charge is 0.242 e. The lowest BCUT2D eigenvalue weighted by atomic mass is 10.1. The summed E-state index contributed by atoms with van der Waals surface area (Å²) in [7, 11) is 0. The molecule has 0 aliphatic heterocycles. The second-order valence-corrected chi connectivity index (χ2v) is 7.35. The number of nitrogens with zero attached hydrogens (tertiary/aromatic N) is 1. The van der Waals surface area contributed by atoms with E-state index in [1.807, 2.05) is 38.1 Å². The van der Waals surface area contributed by atoms with Gasteiger partial charge in [-0.3, -0.25) is 9.59 Å². The zero-order chi connectivity index (χ0) is 21.9. The van der Waals surface area contributed by atoms with Crippen LogP contribution in [0.1, 0.15) is 44.2 Å². The Hall–Kier alpha value is -2.89. The molecule has 1 N–H and O–H groups in total. The van der Waals surface area contributed by atoms with E-state index in [1.165, 1.54) is 11.0 Å². The molecule has 1 atom stereocenters. The first-order chi connectivity index (χ1) is 14.4. The highest BCUT2D eigenvalue weighted by Crippen LogP contribution is 2.16. The average molecular weight is 415 g/mol. The third kappa shape index (κ3) is 7.17. The highest BCUT2D eigenvalue weighted by molar-refractivity contribution is 5.87. The van der Waals surface area contributed by atoms with Gasteiger partial charge in [0.15, 0.2) is 0 Å². The quantitative estimate of drug-likeness (QED) is 0.560.